The van der Waals surface area contributed by atoms with Gasteiger partial charge in [0.15, 0.2) is 0 Å². The third-order valence-corrected chi connectivity index (χ3v) is 2.89. The van der Waals surface area contributed by atoms with Gasteiger partial charge in [-0.25, -0.2) is 0 Å². The van der Waals surface area contributed by atoms with Crippen molar-refractivity contribution in [2.45, 2.75) is 25.4 Å². The molecule has 0 aromatic rings. The van der Waals surface area contributed by atoms with Gasteiger partial charge in [0.2, 0.25) is 0 Å². The van der Waals surface area contributed by atoms with E-state index < -0.39 is 0 Å². The van der Waals surface area contributed by atoms with Gasteiger partial charge in [-0.1, -0.05) is 0 Å². The predicted molar refractivity (Wildman–Crippen MR) is 48.3 cm³/mol. The number of hydrogen-bond acceptors (Lipinski definition) is 3. The first-order chi connectivity index (χ1) is 5.86. The Kier molecular flexibility index (Phi) is 2.63. The van der Waals surface area contributed by atoms with E-state index in [1.807, 2.05) is 0 Å². The molecule has 0 saturated carbocycles. The van der Waals surface area contributed by atoms with Crippen LogP contribution < -0.4 is 5.32 Å². The number of morpholine rings is 1. The fraction of sp³-hybridized carbons (Fsp3) is 1.00. The van der Waals surface area contributed by atoms with Crippen LogP contribution in [0.4, 0.5) is 0 Å². The molecule has 12 heavy (non-hydrogen) atoms. The summed E-state index contributed by atoms with van der Waals surface area (Å²) in [6.45, 7) is 7.52. The second-order valence-electron chi connectivity index (χ2n) is 3.85. The highest BCUT2D eigenvalue weighted by molar-refractivity contribution is 4.86. The second kappa shape index (κ2) is 3.73. The van der Waals surface area contributed by atoms with Crippen LogP contribution in [0.1, 0.15) is 13.3 Å². The van der Waals surface area contributed by atoms with Crippen molar-refractivity contribution >= 4 is 0 Å². The van der Waals surface area contributed by atoms with Crippen molar-refractivity contribution in [2.75, 3.05) is 32.8 Å². The Morgan fingerprint density at radius 1 is 1.33 bits per heavy atom. The maximum Gasteiger partial charge on any atom is 0.0594 e. The van der Waals surface area contributed by atoms with E-state index in [0.29, 0.717) is 6.04 Å². The number of hydrogen-bond donors (Lipinski definition) is 1. The summed E-state index contributed by atoms with van der Waals surface area (Å²) >= 11 is 0. The molecule has 2 saturated heterocycles. The quantitative estimate of drug-likeness (QED) is 0.602. The van der Waals surface area contributed by atoms with Gasteiger partial charge in [-0.3, -0.25) is 4.90 Å². The molecule has 0 spiro atoms. The molecule has 2 aliphatic heterocycles. The second-order valence-corrected chi connectivity index (χ2v) is 3.85. The summed E-state index contributed by atoms with van der Waals surface area (Å²) in [5, 5.41) is 3.48. The molecule has 0 aromatic carbocycles. The number of nitrogens with zero attached hydrogens (tertiary/aromatic N) is 1. The molecule has 0 unspecified atom stereocenters. The molecular formula is C9H18N2O. The van der Waals surface area contributed by atoms with E-state index in [-0.39, 0.29) is 0 Å². The number of rotatable bonds is 1. The van der Waals surface area contributed by atoms with Crippen LogP contribution in [-0.4, -0.2) is 49.8 Å². The fourth-order valence-electron chi connectivity index (χ4n) is 2.13. The summed E-state index contributed by atoms with van der Waals surface area (Å²) in [5.74, 6) is 0. The van der Waals surface area contributed by atoms with Gasteiger partial charge in [0.1, 0.15) is 0 Å². The highest BCUT2D eigenvalue weighted by Gasteiger charge is 2.27. The molecule has 2 fully saturated rings. The van der Waals surface area contributed by atoms with Crippen molar-refractivity contribution in [3.05, 3.63) is 0 Å². The molecule has 3 heteroatoms. The first-order valence-corrected chi connectivity index (χ1v) is 4.91. The van der Waals surface area contributed by atoms with E-state index in [4.69, 9.17) is 4.74 Å². The summed E-state index contributed by atoms with van der Waals surface area (Å²) in [6.07, 6.45) is 1.31. The van der Waals surface area contributed by atoms with Crippen molar-refractivity contribution in [3.63, 3.8) is 0 Å². The van der Waals surface area contributed by atoms with Crippen LogP contribution in [0.5, 0.6) is 0 Å². The zero-order chi connectivity index (χ0) is 8.39. The maximum absolute atomic E-state index is 5.32. The molecule has 0 aromatic heterocycles. The molecule has 2 rings (SSSR count). The van der Waals surface area contributed by atoms with Crippen LogP contribution in [0.2, 0.25) is 0 Å². The minimum Gasteiger partial charge on any atom is -0.379 e. The van der Waals surface area contributed by atoms with Gasteiger partial charge < -0.3 is 10.1 Å². The third kappa shape index (κ3) is 1.79. The van der Waals surface area contributed by atoms with E-state index in [1.165, 1.54) is 13.0 Å². The predicted octanol–water partition coefficient (Wildman–Crippen LogP) is 0.0690. The van der Waals surface area contributed by atoms with Gasteiger partial charge in [0, 0.05) is 31.7 Å². The molecule has 0 bridgehead atoms. The Balaban J connectivity index is 1.83. The third-order valence-electron chi connectivity index (χ3n) is 2.89. The van der Waals surface area contributed by atoms with E-state index >= 15 is 0 Å². The van der Waals surface area contributed by atoms with Gasteiger partial charge in [-0.2, -0.15) is 0 Å². The monoisotopic (exact) mass is 170 g/mol. The normalized spacial score (nSPS) is 38.8. The molecule has 0 radical (unpaired) electrons. The average molecular weight is 170 g/mol. The van der Waals surface area contributed by atoms with Crippen LogP contribution in [0.15, 0.2) is 0 Å². The highest BCUT2D eigenvalue weighted by Crippen LogP contribution is 2.14. The average Bonchev–Trinajstić information content (AvgIpc) is 2.54. The Morgan fingerprint density at radius 3 is 2.67 bits per heavy atom. The van der Waals surface area contributed by atoms with Gasteiger partial charge in [-0.15, -0.1) is 0 Å². The lowest BCUT2D eigenvalue weighted by molar-refractivity contribution is 0.0202. The summed E-state index contributed by atoms with van der Waals surface area (Å²) in [4.78, 5) is 2.56. The molecule has 3 nitrogen and oxygen atoms in total. The molecule has 2 atom stereocenters. The first-order valence-electron chi connectivity index (χ1n) is 4.91. The lowest BCUT2D eigenvalue weighted by Gasteiger charge is -2.31. The van der Waals surface area contributed by atoms with E-state index in [9.17, 15) is 0 Å². The van der Waals surface area contributed by atoms with E-state index in [2.05, 4.69) is 17.1 Å². The molecule has 1 N–H and O–H groups in total. The van der Waals surface area contributed by atoms with Crippen LogP contribution >= 0.6 is 0 Å². The van der Waals surface area contributed by atoms with E-state index in [1.54, 1.807) is 0 Å². The van der Waals surface area contributed by atoms with Crippen molar-refractivity contribution in [1.82, 2.24) is 10.2 Å². The van der Waals surface area contributed by atoms with Crippen LogP contribution in [0, 0.1) is 0 Å². The van der Waals surface area contributed by atoms with Crippen molar-refractivity contribution < 1.29 is 4.74 Å². The van der Waals surface area contributed by atoms with Crippen LogP contribution in [0.3, 0.4) is 0 Å². The smallest absolute Gasteiger partial charge is 0.0594 e. The molecule has 70 valence electrons. The lowest BCUT2D eigenvalue weighted by atomic mass is 10.1. The van der Waals surface area contributed by atoms with Crippen LogP contribution in [0.25, 0.3) is 0 Å². The molecule has 0 amide bonds. The van der Waals surface area contributed by atoms with Crippen LogP contribution in [-0.2, 0) is 4.74 Å². The van der Waals surface area contributed by atoms with Gasteiger partial charge in [-0.05, 0) is 13.3 Å². The number of ether oxygens (including phenoxy) is 1. The first kappa shape index (κ1) is 8.48. The Morgan fingerprint density at radius 2 is 2.08 bits per heavy atom. The Labute approximate surface area is 74.1 Å². The topological polar surface area (TPSA) is 24.5 Å². The van der Waals surface area contributed by atoms with Crippen molar-refractivity contribution in [2.24, 2.45) is 0 Å². The summed E-state index contributed by atoms with van der Waals surface area (Å²) in [5.41, 5.74) is 0. The molecule has 0 aliphatic carbocycles. The minimum atomic E-state index is 0.706. The number of nitrogens with one attached hydrogen (secondary N) is 1. The minimum absolute atomic E-state index is 0.706. The summed E-state index contributed by atoms with van der Waals surface area (Å²) in [6, 6.07) is 1.47. The summed E-state index contributed by atoms with van der Waals surface area (Å²) < 4.78 is 5.32. The lowest BCUT2D eigenvalue weighted by Crippen LogP contribution is -2.44. The fourth-order valence-corrected chi connectivity index (χ4v) is 2.13. The van der Waals surface area contributed by atoms with Crippen molar-refractivity contribution in [1.29, 1.82) is 0 Å². The summed E-state index contributed by atoms with van der Waals surface area (Å²) in [7, 11) is 0. The van der Waals surface area contributed by atoms with Gasteiger partial charge in [0.25, 0.3) is 0 Å². The zero-order valence-corrected chi connectivity index (χ0v) is 7.75. The zero-order valence-electron chi connectivity index (χ0n) is 7.75. The molecule has 2 heterocycles. The maximum atomic E-state index is 5.32. The standard InChI is InChI=1S/C9H18N2O/c1-8-6-9(7-10-8)11-2-4-12-5-3-11/h8-10H,2-7H2,1H3/t8-,9+/m0/s1. The molecule has 2 aliphatic rings. The molecular weight excluding hydrogens is 152 g/mol. The SMILES string of the molecule is C[C@H]1C[C@@H](N2CCOCC2)CN1. The largest absolute Gasteiger partial charge is 0.379 e. The van der Waals surface area contributed by atoms with Gasteiger partial charge >= 0.3 is 0 Å². The Bertz CT molecular complexity index is 143. The highest BCUT2D eigenvalue weighted by atomic mass is 16.5. The van der Waals surface area contributed by atoms with E-state index in [0.717, 1.165) is 32.3 Å². The Hall–Kier alpha value is -0.120. The van der Waals surface area contributed by atoms with Crippen molar-refractivity contribution in [3.8, 4) is 0 Å². The van der Waals surface area contributed by atoms with Gasteiger partial charge in [0.05, 0.1) is 13.2 Å².